The van der Waals surface area contributed by atoms with Crippen LogP contribution in [-0.4, -0.2) is 28.0 Å². The lowest BCUT2D eigenvalue weighted by Gasteiger charge is -2.11. The van der Waals surface area contributed by atoms with Gasteiger partial charge in [0.15, 0.2) is 5.11 Å². The molecule has 0 fully saturated rings. The molecule has 0 unspecified atom stereocenters. The van der Waals surface area contributed by atoms with Crippen molar-refractivity contribution in [3.05, 3.63) is 53.9 Å². The van der Waals surface area contributed by atoms with E-state index in [1.54, 1.807) is 0 Å². The standard InChI is InChI=1S/C16H22N4S/c1-14-8-12-19-20(14)13-5-10-17-16(21)18-11-9-15-6-3-2-4-7-15/h2-4,6-8,12H,5,9-11,13H2,1H3,(H2,17,18,21). The molecule has 21 heavy (non-hydrogen) atoms. The van der Waals surface area contributed by atoms with Crippen molar-refractivity contribution in [2.75, 3.05) is 13.1 Å². The van der Waals surface area contributed by atoms with Crippen LogP contribution in [0, 0.1) is 6.92 Å². The molecule has 1 aromatic heterocycles. The van der Waals surface area contributed by atoms with Crippen molar-refractivity contribution in [3.63, 3.8) is 0 Å². The average Bonchev–Trinajstić information content (AvgIpc) is 2.90. The van der Waals surface area contributed by atoms with Gasteiger partial charge in [0.05, 0.1) is 0 Å². The molecule has 4 nitrogen and oxygen atoms in total. The first-order valence-electron chi connectivity index (χ1n) is 7.30. The van der Waals surface area contributed by atoms with Gasteiger partial charge in [-0.3, -0.25) is 4.68 Å². The fourth-order valence-corrected chi connectivity index (χ4v) is 2.30. The lowest BCUT2D eigenvalue weighted by atomic mass is 10.1. The van der Waals surface area contributed by atoms with E-state index < -0.39 is 0 Å². The van der Waals surface area contributed by atoms with Crippen LogP contribution in [0.1, 0.15) is 17.7 Å². The van der Waals surface area contributed by atoms with E-state index in [2.05, 4.69) is 46.9 Å². The van der Waals surface area contributed by atoms with E-state index in [-0.39, 0.29) is 0 Å². The van der Waals surface area contributed by atoms with E-state index in [0.717, 1.165) is 37.6 Å². The Morgan fingerprint density at radius 1 is 1.14 bits per heavy atom. The van der Waals surface area contributed by atoms with E-state index in [1.165, 1.54) is 11.3 Å². The molecular weight excluding hydrogens is 280 g/mol. The summed E-state index contributed by atoms with van der Waals surface area (Å²) in [4.78, 5) is 0. The topological polar surface area (TPSA) is 41.9 Å². The van der Waals surface area contributed by atoms with E-state index in [9.17, 15) is 0 Å². The molecular formula is C16H22N4S. The van der Waals surface area contributed by atoms with Gasteiger partial charge in [-0.15, -0.1) is 0 Å². The molecule has 5 heteroatoms. The molecule has 0 bridgehead atoms. The minimum Gasteiger partial charge on any atom is -0.363 e. The summed E-state index contributed by atoms with van der Waals surface area (Å²) in [6, 6.07) is 12.4. The largest absolute Gasteiger partial charge is 0.363 e. The molecule has 0 aliphatic carbocycles. The Morgan fingerprint density at radius 3 is 2.62 bits per heavy atom. The third-order valence-corrected chi connectivity index (χ3v) is 3.59. The monoisotopic (exact) mass is 302 g/mol. The molecule has 0 radical (unpaired) electrons. The van der Waals surface area contributed by atoms with Crippen molar-refractivity contribution in [2.45, 2.75) is 26.3 Å². The second kappa shape index (κ2) is 8.42. The van der Waals surface area contributed by atoms with Crippen LogP contribution in [0.5, 0.6) is 0 Å². The van der Waals surface area contributed by atoms with Gasteiger partial charge in [-0.1, -0.05) is 30.3 Å². The fraction of sp³-hybridized carbons (Fsp3) is 0.375. The number of hydrogen-bond acceptors (Lipinski definition) is 2. The molecule has 0 atom stereocenters. The highest BCUT2D eigenvalue weighted by atomic mass is 32.1. The van der Waals surface area contributed by atoms with Crippen LogP contribution in [0.25, 0.3) is 0 Å². The number of benzene rings is 1. The summed E-state index contributed by atoms with van der Waals surface area (Å²) in [7, 11) is 0. The van der Waals surface area contributed by atoms with Gasteiger partial charge in [0, 0.05) is 31.5 Å². The Morgan fingerprint density at radius 2 is 1.90 bits per heavy atom. The Labute approximate surface area is 131 Å². The van der Waals surface area contributed by atoms with Gasteiger partial charge in [0.25, 0.3) is 0 Å². The summed E-state index contributed by atoms with van der Waals surface area (Å²) in [5.41, 5.74) is 2.51. The Balaban J connectivity index is 1.55. The number of aryl methyl sites for hydroxylation is 2. The van der Waals surface area contributed by atoms with Gasteiger partial charge in [-0.05, 0) is 43.6 Å². The molecule has 1 heterocycles. The summed E-state index contributed by atoms with van der Waals surface area (Å²) in [5.74, 6) is 0. The smallest absolute Gasteiger partial charge is 0.166 e. The molecule has 0 saturated heterocycles. The van der Waals surface area contributed by atoms with Gasteiger partial charge >= 0.3 is 0 Å². The first-order chi connectivity index (χ1) is 10.3. The summed E-state index contributed by atoms with van der Waals surface area (Å²) in [6.45, 7) is 4.69. The molecule has 0 saturated carbocycles. The number of nitrogens with zero attached hydrogens (tertiary/aromatic N) is 2. The summed E-state index contributed by atoms with van der Waals surface area (Å²) < 4.78 is 2.01. The molecule has 0 aliphatic rings. The first kappa shape index (κ1) is 15.5. The molecule has 1 aromatic carbocycles. The van der Waals surface area contributed by atoms with Crippen molar-refractivity contribution in [1.29, 1.82) is 0 Å². The van der Waals surface area contributed by atoms with Gasteiger partial charge in [-0.25, -0.2) is 0 Å². The van der Waals surface area contributed by atoms with Gasteiger partial charge in [0.2, 0.25) is 0 Å². The van der Waals surface area contributed by atoms with Crippen molar-refractivity contribution < 1.29 is 0 Å². The number of hydrogen-bond donors (Lipinski definition) is 2. The highest BCUT2D eigenvalue weighted by Gasteiger charge is 1.98. The second-order valence-corrected chi connectivity index (χ2v) is 5.38. The molecule has 2 aromatic rings. The van der Waals surface area contributed by atoms with E-state index >= 15 is 0 Å². The quantitative estimate of drug-likeness (QED) is 0.608. The van der Waals surface area contributed by atoms with Gasteiger partial charge in [0.1, 0.15) is 0 Å². The Hall–Kier alpha value is -1.88. The van der Waals surface area contributed by atoms with Crippen LogP contribution >= 0.6 is 12.2 Å². The van der Waals surface area contributed by atoms with Crippen LogP contribution in [0.15, 0.2) is 42.6 Å². The predicted octanol–water partition coefficient (Wildman–Crippen LogP) is 2.29. The highest BCUT2D eigenvalue weighted by Crippen LogP contribution is 1.98. The Bertz CT molecular complexity index is 550. The lowest BCUT2D eigenvalue weighted by molar-refractivity contribution is 0.559. The maximum atomic E-state index is 5.26. The third-order valence-electron chi connectivity index (χ3n) is 3.30. The normalized spacial score (nSPS) is 10.3. The first-order valence-corrected chi connectivity index (χ1v) is 7.70. The van der Waals surface area contributed by atoms with Crippen molar-refractivity contribution in [1.82, 2.24) is 20.4 Å². The number of aromatic nitrogens is 2. The lowest BCUT2D eigenvalue weighted by Crippen LogP contribution is -2.37. The van der Waals surface area contributed by atoms with Crippen LogP contribution in [0.3, 0.4) is 0 Å². The van der Waals surface area contributed by atoms with Crippen LogP contribution in [0.2, 0.25) is 0 Å². The zero-order chi connectivity index (χ0) is 14.9. The molecule has 0 spiro atoms. The van der Waals surface area contributed by atoms with Crippen LogP contribution in [0.4, 0.5) is 0 Å². The number of thiocarbonyl (C=S) groups is 1. The summed E-state index contributed by atoms with van der Waals surface area (Å²) in [5, 5.41) is 11.4. The number of nitrogens with one attached hydrogen (secondary N) is 2. The molecule has 0 amide bonds. The maximum Gasteiger partial charge on any atom is 0.166 e. The zero-order valence-corrected chi connectivity index (χ0v) is 13.2. The minimum absolute atomic E-state index is 0.725. The van der Waals surface area contributed by atoms with Crippen molar-refractivity contribution >= 4 is 17.3 Å². The third kappa shape index (κ3) is 5.55. The van der Waals surface area contributed by atoms with Gasteiger partial charge < -0.3 is 10.6 Å². The number of rotatable bonds is 7. The SMILES string of the molecule is Cc1ccnn1CCCNC(=S)NCCc1ccccc1. The van der Waals surface area contributed by atoms with E-state index in [0.29, 0.717) is 0 Å². The van der Waals surface area contributed by atoms with E-state index in [1.807, 2.05) is 23.0 Å². The average molecular weight is 302 g/mol. The highest BCUT2D eigenvalue weighted by molar-refractivity contribution is 7.80. The fourth-order valence-electron chi connectivity index (χ4n) is 2.09. The summed E-state index contributed by atoms with van der Waals surface area (Å²) in [6.07, 6.45) is 3.82. The Kier molecular flexibility index (Phi) is 6.22. The van der Waals surface area contributed by atoms with Crippen molar-refractivity contribution in [3.8, 4) is 0 Å². The van der Waals surface area contributed by atoms with Gasteiger partial charge in [-0.2, -0.15) is 5.10 Å². The molecule has 2 rings (SSSR count). The summed E-state index contributed by atoms with van der Waals surface area (Å²) >= 11 is 5.26. The predicted molar refractivity (Wildman–Crippen MR) is 90.3 cm³/mol. The second-order valence-electron chi connectivity index (χ2n) is 4.97. The zero-order valence-electron chi connectivity index (χ0n) is 12.4. The molecule has 112 valence electrons. The minimum atomic E-state index is 0.725. The van der Waals surface area contributed by atoms with E-state index in [4.69, 9.17) is 12.2 Å². The van der Waals surface area contributed by atoms with Crippen molar-refractivity contribution in [2.24, 2.45) is 0 Å². The maximum absolute atomic E-state index is 5.26. The van der Waals surface area contributed by atoms with Crippen LogP contribution < -0.4 is 10.6 Å². The molecule has 2 N–H and O–H groups in total. The van der Waals surface area contributed by atoms with Crippen LogP contribution in [-0.2, 0) is 13.0 Å². The molecule has 0 aliphatic heterocycles.